The minimum absolute atomic E-state index is 0.556. The first kappa shape index (κ1) is 32.5. The molecular formula is C15H25F6N3O8S2. The molecule has 0 aromatic carbocycles. The molecule has 0 saturated heterocycles. The summed E-state index contributed by atoms with van der Waals surface area (Å²) in [5, 5.41) is 0. The van der Waals surface area contributed by atoms with Gasteiger partial charge in [0.25, 0.3) is 0 Å². The minimum atomic E-state index is -6.72. The third-order valence-electron chi connectivity index (χ3n) is 3.31. The highest BCUT2D eigenvalue weighted by Gasteiger charge is 2.46. The van der Waals surface area contributed by atoms with Gasteiger partial charge in [-0.25, -0.2) is 26.0 Å². The molecule has 0 bridgehead atoms. The molecule has 0 aliphatic rings. The van der Waals surface area contributed by atoms with Gasteiger partial charge in [0, 0.05) is 7.11 Å². The second-order valence-corrected chi connectivity index (χ2v) is 9.35. The van der Waals surface area contributed by atoms with Crippen LogP contribution in [0, 0.1) is 0 Å². The number of aryl methyl sites for hydroxylation is 1. The van der Waals surface area contributed by atoms with Crippen LogP contribution in [0.15, 0.2) is 18.7 Å². The third-order valence-corrected chi connectivity index (χ3v) is 6.05. The molecule has 1 aromatic heterocycles. The number of nitrogens with zero attached hydrogens (tertiary/aromatic N) is 3. The quantitative estimate of drug-likeness (QED) is 0.193. The van der Waals surface area contributed by atoms with Gasteiger partial charge in [-0.15, -0.1) is 0 Å². The minimum Gasteiger partial charge on any atom is -0.421 e. The van der Waals surface area contributed by atoms with Crippen LogP contribution in [0.1, 0.15) is 6.92 Å². The van der Waals surface area contributed by atoms with Gasteiger partial charge in [-0.1, -0.05) is 0 Å². The second kappa shape index (κ2) is 14.8. The zero-order valence-electron chi connectivity index (χ0n) is 18.1. The first-order valence-corrected chi connectivity index (χ1v) is 12.1. The molecule has 0 radical (unpaired) electrons. The maximum Gasteiger partial charge on any atom is 0.480 e. The lowest BCUT2D eigenvalue weighted by molar-refractivity contribution is -0.732. The van der Waals surface area contributed by atoms with Crippen LogP contribution in [0.2, 0.25) is 0 Å². The van der Waals surface area contributed by atoms with Crippen molar-refractivity contribution in [1.82, 2.24) is 4.57 Å². The summed E-state index contributed by atoms with van der Waals surface area (Å²) < 4.78 is 134. The molecule has 1 aromatic rings. The van der Waals surface area contributed by atoms with Gasteiger partial charge >= 0.3 is 11.0 Å². The molecule has 0 aliphatic heterocycles. The first-order valence-electron chi connectivity index (χ1n) is 9.21. The van der Waals surface area contributed by atoms with E-state index < -0.39 is 31.1 Å². The highest BCUT2D eigenvalue weighted by molar-refractivity contribution is 8.13. The van der Waals surface area contributed by atoms with Gasteiger partial charge in [0.15, 0.2) is 26.8 Å². The summed E-state index contributed by atoms with van der Waals surface area (Å²) in [6.07, 6.45) is 6.04. The van der Waals surface area contributed by atoms with Crippen LogP contribution in [0.4, 0.5) is 26.3 Å². The Hall–Kier alpha value is -1.51. The van der Waals surface area contributed by atoms with Gasteiger partial charge in [-0.2, -0.15) is 26.3 Å². The molecule has 0 fully saturated rings. The summed E-state index contributed by atoms with van der Waals surface area (Å²) in [6, 6.07) is 0. The lowest BCUT2D eigenvalue weighted by Gasteiger charge is -2.22. The van der Waals surface area contributed by atoms with Gasteiger partial charge in [-0.3, -0.25) is 0 Å². The predicted molar refractivity (Wildman–Crippen MR) is 103 cm³/mol. The summed E-state index contributed by atoms with van der Waals surface area (Å²) in [5.74, 6) is 0. The number of hydrogen-bond acceptors (Lipinski definition) is 8. The topological polar surface area (TPSA) is 128 Å². The zero-order chi connectivity index (χ0) is 26.5. The average Bonchev–Trinajstić information content (AvgIpc) is 3.15. The van der Waals surface area contributed by atoms with Crippen LogP contribution in [-0.2, 0) is 52.3 Å². The van der Waals surface area contributed by atoms with Crippen LogP contribution in [-0.4, -0.2) is 79.2 Å². The van der Waals surface area contributed by atoms with Crippen molar-refractivity contribution in [2.45, 2.75) is 31.2 Å². The molecule has 34 heavy (non-hydrogen) atoms. The van der Waals surface area contributed by atoms with Gasteiger partial charge in [0.2, 0.25) is 6.33 Å². The number of hydrogen-bond donors (Lipinski definition) is 0. The molecule has 11 nitrogen and oxygen atoms in total. The maximum atomic E-state index is 11.4. The molecule has 0 spiro atoms. The van der Waals surface area contributed by atoms with Crippen molar-refractivity contribution in [3.63, 3.8) is 0 Å². The number of ether oxygens (including phenoxy) is 4. The lowest BCUT2D eigenvalue weighted by Crippen LogP contribution is -2.33. The van der Waals surface area contributed by atoms with Crippen LogP contribution in [0.25, 0.3) is 4.13 Å². The molecule has 1 heterocycles. The molecule has 19 heteroatoms. The van der Waals surface area contributed by atoms with E-state index in [1.165, 1.54) is 0 Å². The van der Waals surface area contributed by atoms with Crippen molar-refractivity contribution in [2.24, 2.45) is 0 Å². The van der Waals surface area contributed by atoms with E-state index >= 15 is 0 Å². The average molecular weight is 554 g/mol. The number of rotatable bonds is 14. The normalized spacial score (nSPS) is 12.9. The Morgan fingerprint density at radius 1 is 0.824 bits per heavy atom. The highest BCUT2D eigenvalue weighted by Crippen LogP contribution is 2.36. The van der Waals surface area contributed by atoms with Crippen molar-refractivity contribution in [1.29, 1.82) is 0 Å². The molecule has 1 rings (SSSR count). The van der Waals surface area contributed by atoms with Gasteiger partial charge in [0.1, 0.15) is 12.4 Å². The van der Waals surface area contributed by atoms with Gasteiger partial charge < -0.3 is 23.1 Å². The van der Waals surface area contributed by atoms with Crippen molar-refractivity contribution in [3.8, 4) is 0 Å². The molecule has 0 aliphatic carbocycles. The van der Waals surface area contributed by atoms with Crippen LogP contribution < -0.4 is 4.57 Å². The van der Waals surface area contributed by atoms with E-state index in [1.54, 1.807) is 7.11 Å². The van der Waals surface area contributed by atoms with Crippen molar-refractivity contribution in [3.05, 3.63) is 22.8 Å². The molecule has 0 unspecified atom stereocenters. The first-order chi connectivity index (χ1) is 15.6. The Labute approximate surface area is 192 Å². The van der Waals surface area contributed by atoms with Crippen molar-refractivity contribution < 1.29 is 66.7 Å². The van der Waals surface area contributed by atoms with E-state index in [9.17, 15) is 43.2 Å². The smallest absolute Gasteiger partial charge is 0.421 e. The van der Waals surface area contributed by atoms with E-state index in [4.69, 9.17) is 18.9 Å². The van der Waals surface area contributed by atoms with Crippen LogP contribution in [0.3, 0.4) is 0 Å². The fourth-order valence-electron chi connectivity index (χ4n) is 1.67. The highest BCUT2D eigenvalue weighted by atomic mass is 32.3. The molecule has 0 amide bonds. The lowest BCUT2D eigenvalue weighted by atomic mass is 10.7. The Morgan fingerprint density at radius 3 is 1.65 bits per heavy atom. The maximum absolute atomic E-state index is 11.4. The van der Waals surface area contributed by atoms with Crippen LogP contribution >= 0.6 is 0 Å². The zero-order valence-corrected chi connectivity index (χ0v) is 19.7. The fourth-order valence-corrected chi connectivity index (χ4v) is 3.38. The number of aromatic nitrogens is 2. The Balaban J connectivity index is 0.000000661. The molecule has 202 valence electrons. The largest absolute Gasteiger partial charge is 0.480 e. The second-order valence-electron chi connectivity index (χ2n) is 5.93. The number of methoxy groups -OCH3 is 1. The Kier molecular flexibility index (Phi) is 14.1. The Morgan fingerprint density at radius 2 is 1.26 bits per heavy atom. The summed E-state index contributed by atoms with van der Waals surface area (Å²) in [5.41, 5.74) is -12.4. The third kappa shape index (κ3) is 12.8. The standard InChI is InChI=1S/C13H25N2O4.C2F6NO4S2/c1-3-14-4-5-15(12-14)13-19-11-10-18-9-8-17-7-6-16-2;3-1(4,5)14(10,11)9-15(12,13)2(6,7)8/h4-5,12H,3,6-11,13H2,1-2H3;/q+1;-1. The summed E-state index contributed by atoms with van der Waals surface area (Å²) in [6.45, 7) is 7.22. The van der Waals surface area contributed by atoms with E-state index in [0.717, 1.165) is 10.7 Å². The molecule has 0 atom stereocenters. The number of alkyl halides is 6. The SMILES string of the molecule is CCn1cc[n+](COCCOCCOCCOC)c1.O=S(=O)([N-]S(=O)(=O)C(F)(F)F)C(F)(F)F. The summed E-state index contributed by atoms with van der Waals surface area (Å²) in [4.78, 5) is 0. The molecule has 0 N–H and O–H groups in total. The van der Waals surface area contributed by atoms with E-state index in [-0.39, 0.29) is 0 Å². The van der Waals surface area contributed by atoms with Gasteiger partial charge in [-0.05, 0) is 6.92 Å². The Bertz CT molecular complexity index is 862. The van der Waals surface area contributed by atoms with Crippen molar-refractivity contribution in [2.75, 3.05) is 46.8 Å². The summed E-state index contributed by atoms with van der Waals surface area (Å²) >= 11 is 0. The fraction of sp³-hybridized carbons (Fsp3) is 0.800. The molecule has 0 saturated carbocycles. The molecular weight excluding hydrogens is 528 g/mol. The van der Waals surface area contributed by atoms with E-state index in [1.807, 2.05) is 23.3 Å². The number of halogens is 6. The summed E-state index contributed by atoms with van der Waals surface area (Å²) in [7, 11) is -11.8. The monoisotopic (exact) mass is 553 g/mol. The van der Waals surface area contributed by atoms with Gasteiger partial charge in [0.05, 0.1) is 46.2 Å². The number of imidazole rings is 1. The van der Waals surface area contributed by atoms with E-state index in [2.05, 4.69) is 11.5 Å². The number of sulfonamides is 2. The van der Waals surface area contributed by atoms with Crippen LogP contribution in [0.5, 0.6) is 0 Å². The van der Waals surface area contributed by atoms with E-state index in [0.29, 0.717) is 46.4 Å². The predicted octanol–water partition coefficient (Wildman–Crippen LogP) is 1.51. The van der Waals surface area contributed by atoms with Crippen molar-refractivity contribution >= 4 is 20.0 Å².